The molecule has 0 saturated heterocycles. The molecule has 2 heterocycles. The number of carbonyl (C=O) groups is 1. The van der Waals surface area contributed by atoms with Gasteiger partial charge in [-0.15, -0.1) is 0 Å². The van der Waals surface area contributed by atoms with Gasteiger partial charge in [-0.1, -0.05) is 0 Å². The number of nitrogens with one attached hydrogen (secondary N) is 1. The Hall–Kier alpha value is -2.31. The number of rotatable bonds is 2. The number of fused-ring (bicyclic) bond motifs is 1. The second kappa shape index (κ2) is 4.75. The predicted octanol–water partition coefficient (Wildman–Crippen LogP) is 0.597. The van der Waals surface area contributed by atoms with Gasteiger partial charge in [0, 0.05) is 11.6 Å². The zero-order chi connectivity index (χ0) is 14.0. The van der Waals surface area contributed by atoms with E-state index in [1.165, 1.54) is 12.5 Å². The lowest BCUT2D eigenvalue weighted by molar-refractivity contribution is -0.153. The van der Waals surface area contributed by atoms with Gasteiger partial charge >= 0.3 is 5.97 Å². The van der Waals surface area contributed by atoms with Gasteiger partial charge in [0.05, 0.1) is 12.1 Å². The Kier molecular flexibility index (Phi) is 3.28. The predicted molar refractivity (Wildman–Crippen MR) is 67.5 cm³/mol. The maximum absolute atomic E-state index is 11.8. The van der Waals surface area contributed by atoms with Crippen LogP contribution in [0.1, 0.15) is 26.5 Å². The standard InChI is InChI=1S/C12H14N4O3/c1-12(2,3)19-9(17)4-8-7-5-13-6-14-10(7)11(18)16-15-8/h5-6H,4H2,1-3H3,(H,16,18). The number of hydrogen-bond donors (Lipinski definition) is 1. The first-order valence-electron chi connectivity index (χ1n) is 5.76. The number of ether oxygens (including phenoxy) is 1. The Bertz CT molecular complexity index is 672. The largest absolute Gasteiger partial charge is 0.460 e. The molecule has 2 rings (SSSR count). The summed E-state index contributed by atoms with van der Waals surface area (Å²) in [7, 11) is 0. The molecule has 1 N–H and O–H groups in total. The second-order valence-electron chi connectivity index (χ2n) is 5.05. The zero-order valence-electron chi connectivity index (χ0n) is 10.9. The number of aromatic nitrogens is 4. The Labute approximate surface area is 109 Å². The maximum Gasteiger partial charge on any atom is 0.312 e. The molecule has 0 atom stereocenters. The molecule has 0 spiro atoms. The summed E-state index contributed by atoms with van der Waals surface area (Å²) >= 11 is 0. The first-order chi connectivity index (χ1) is 8.87. The normalized spacial score (nSPS) is 11.5. The molecule has 0 bridgehead atoms. The minimum Gasteiger partial charge on any atom is -0.460 e. The molecule has 7 heteroatoms. The molecule has 0 aliphatic rings. The Morgan fingerprint density at radius 1 is 1.42 bits per heavy atom. The molecule has 0 aliphatic carbocycles. The van der Waals surface area contributed by atoms with Crippen molar-refractivity contribution >= 4 is 16.9 Å². The van der Waals surface area contributed by atoms with Crippen molar-refractivity contribution in [2.75, 3.05) is 0 Å². The highest BCUT2D eigenvalue weighted by molar-refractivity contribution is 5.83. The van der Waals surface area contributed by atoms with Gasteiger partial charge < -0.3 is 4.74 Å². The minimum absolute atomic E-state index is 0.0437. The molecule has 0 aliphatic heterocycles. The van der Waals surface area contributed by atoms with Crippen LogP contribution in [-0.2, 0) is 16.0 Å². The average Bonchev–Trinajstić information content (AvgIpc) is 2.31. The van der Waals surface area contributed by atoms with Crippen LogP contribution >= 0.6 is 0 Å². The van der Waals surface area contributed by atoms with Gasteiger partial charge in [0.2, 0.25) is 0 Å². The number of nitrogens with zero attached hydrogens (tertiary/aromatic N) is 3. The molecule has 0 saturated carbocycles. The SMILES string of the molecule is CC(C)(C)OC(=O)Cc1n[nH]c(=O)c2ncncc12. The Balaban J connectivity index is 2.34. The number of esters is 1. The summed E-state index contributed by atoms with van der Waals surface area (Å²) in [5, 5.41) is 6.62. The first kappa shape index (κ1) is 13.1. The van der Waals surface area contributed by atoms with Crippen molar-refractivity contribution in [2.45, 2.75) is 32.8 Å². The Morgan fingerprint density at radius 2 is 2.16 bits per heavy atom. The van der Waals surface area contributed by atoms with E-state index >= 15 is 0 Å². The van der Waals surface area contributed by atoms with Crippen LogP contribution in [-0.4, -0.2) is 31.7 Å². The van der Waals surface area contributed by atoms with Crippen LogP contribution in [0.4, 0.5) is 0 Å². The van der Waals surface area contributed by atoms with Crippen molar-refractivity contribution in [1.29, 1.82) is 0 Å². The molecule has 0 fully saturated rings. The Morgan fingerprint density at radius 3 is 2.84 bits per heavy atom. The summed E-state index contributed by atoms with van der Waals surface area (Å²) in [4.78, 5) is 31.0. The van der Waals surface area contributed by atoms with E-state index < -0.39 is 17.1 Å². The molecule has 100 valence electrons. The molecule has 7 nitrogen and oxygen atoms in total. The van der Waals surface area contributed by atoms with E-state index in [0.717, 1.165) is 0 Å². The smallest absolute Gasteiger partial charge is 0.312 e. The molecular weight excluding hydrogens is 248 g/mol. The van der Waals surface area contributed by atoms with Crippen molar-refractivity contribution in [1.82, 2.24) is 20.2 Å². The first-order valence-corrected chi connectivity index (χ1v) is 5.76. The third-order valence-corrected chi connectivity index (χ3v) is 2.26. The van der Waals surface area contributed by atoms with Crippen molar-refractivity contribution < 1.29 is 9.53 Å². The topological polar surface area (TPSA) is 97.8 Å². The third kappa shape index (κ3) is 3.12. The molecule has 0 unspecified atom stereocenters. The van der Waals surface area contributed by atoms with Crippen molar-refractivity contribution in [3.63, 3.8) is 0 Å². The fourth-order valence-electron chi connectivity index (χ4n) is 1.60. The van der Waals surface area contributed by atoms with E-state index in [2.05, 4.69) is 20.2 Å². The van der Waals surface area contributed by atoms with E-state index in [1.807, 2.05) is 0 Å². The fourth-order valence-corrected chi connectivity index (χ4v) is 1.60. The van der Waals surface area contributed by atoms with Crippen LogP contribution in [0.5, 0.6) is 0 Å². The molecule has 2 aromatic heterocycles. The lowest BCUT2D eigenvalue weighted by atomic mass is 10.1. The van der Waals surface area contributed by atoms with Crippen LogP contribution < -0.4 is 5.56 Å². The zero-order valence-corrected chi connectivity index (χ0v) is 10.9. The van der Waals surface area contributed by atoms with Crippen LogP contribution in [0.2, 0.25) is 0 Å². The van der Waals surface area contributed by atoms with E-state index in [1.54, 1.807) is 20.8 Å². The molecule has 0 radical (unpaired) electrons. The molecule has 0 amide bonds. The van der Waals surface area contributed by atoms with Crippen molar-refractivity contribution in [3.8, 4) is 0 Å². The van der Waals surface area contributed by atoms with Crippen molar-refractivity contribution in [3.05, 3.63) is 28.6 Å². The van der Waals surface area contributed by atoms with Gasteiger partial charge in [0.1, 0.15) is 17.4 Å². The summed E-state index contributed by atoms with van der Waals surface area (Å²) in [5.41, 5.74) is -0.371. The highest BCUT2D eigenvalue weighted by Crippen LogP contribution is 2.13. The van der Waals surface area contributed by atoms with Crippen LogP contribution in [0.15, 0.2) is 17.3 Å². The number of hydrogen-bond acceptors (Lipinski definition) is 6. The quantitative estimate of drug-likeness (QED) is 0.796. The van der Waals surface area contributed by atoms with E-state index in [4.69, 9.17) is 4.74 Å². The highest BCUT2D eigenvalue weighted by Gasteiger charge is 2.18. The van der Waals surface area contributed by atoms with Crippen molar-refractivity contribution in [2.24, 2.45) is 0 Å². The van der Waals surface area contributed by atoms with Crippen LogP contribution in [0.25, 0.3) is 10.9 Å². The highest BCUT2D eigenvalue weighted by atomic mass is 16.6. The summed E-state index contributed by atoms with van der Waals surface area (Å²) in [5.74, 6) is -0.419. The van der Waals surface area contributed by atoms with E-state index in [9.17, 15) is 9.59 Å². The lowest BCUT2D eigenvalue weighted by Gasteiger charge is -2.19. The summed E-state index contributed by atoms with van der Waals surface area (Å²) in [6.45, 7) is 5.35. The minimum atomic E-state index is -0.564. The molecule has 19 heavy (non-hydrogen) atoms. The number of aromatic amines is 1. The fraction of sp³-hybridized carbons (Fsp3) is 0.417. The van der Waals surface area contributed by atoms with Crippen LogP contribution in [0, 0.1) is 0 Å². The number of H-pyrrole nitrogens is 1. The van der Waals surface area contributed by atoms with E-state index in [-0.39, 0.29) is 11.9 Å². The molecular formula is C12H14N4O3. The average molecular weight is 262 g/mol. The summed E-state index contributed by atoms with van der Waals surface area (Å²) in [6.07, 6.45) is 2.69. The monoisotopic (exact) mass is 262 g/mol. The van der Waals surface area contributed by atoms with Gasteiger partial charge in [-0.05, 0) is 20.8 Å². The van der Waals surface area contributed by atoms with Gasteiger partial charge in [0.25, 0.3) is 5.56 Å². The van der Waals surface area contributed by atoms with E-state index in [0.29, 0.717) is 11.1 Å². The van der Waals surface area contributed by atoms with Crippen LogP contribution in [0.3, 0.4) is 0 Å². The van der Waals surface area contributed by atoms with Gasteiger partial charge in [-0.25, -0.2) is 15.1 Å². The molecule has 0 aromatic carbocycles. The van der Waals surface area contributed by atoms with Gasteiger partial charge in [0.15, 0.2) is 0 Å². The van der Waals surface area contributed by atoms with Gasteiger partial charge in [-0.3, -0.25) is 9.59 Å². The second-order valence-corrected chi connectivity index (χ2v) is 5.05. The van der Waals surface area contributed by atoms with Gasteiger partial charge in [-0.2, -0.15) is 5.10 Å². The molecule has 2 aromatic rings. The number of carbonyl (C=O) groups excluding carboxylic acids is 1. The maximum atomic E-state index is 11.8. The summed E-state index contributed by atoms with van der Waals surface area (Å²) in [6, 6.07) is 0. The summed E-state index contributed by atoms with van der Waals surface area (Å²) < 4.78 is 5.21. The lowest BCUT2D eigenvalue weighted by Crippen LogP contribution is -2.25. The third-order valence-electron chi connectivity index (χ3n) is 2.26.